The molecule has 0 atom stereocenters. The van der Waals surface area contributed by atoms with E-state index in [-0.39, 0.29) is 31.1 Å². The standard InChI is InChI=1S/C20H21NO6S/c1-21(12-14-4-6-16-17(11-14)26-9-8-25-16)19(23)13-27-20(24)7-5-15(22)18-3-2-10-28-18/h2-4,6,10-11H,5,7-9,12-13H2,1H3. The summed E-state index contributed by atoms with van der Waals surface area (Å²) in [7, 11) is 1.63. The van der Waals surface area contributed by atoms with Crippen molar-refractivity contribution in [3.63, 3.8) is 0 Å². The van der Waals surface area contributed by atoms with Gasteiger partial charge in [-0.3, -0.25) is 14.4 Å². The van der Waals surface area contributed by atoms with Gasteiger partial charge in [-0.1, -0.05) is 12.1 Å². The van der Waals surface area contributed by atoms with Gasteiger partial charge < -0.3 is 19.1 Å². The van der Waals surface area contributed by atoms with Gasteiger partial charge >= 0.3 is 5.97 Å². The van der Waals surface area contributed by atoms with E-state index in [1.807, 2.05) is 23.6 Å². The number of ketones is 1. The molecule has 148 valence electrons. The number of fused-ring (bicyclic) bond motifs is 1. The van der Waals surface area contributed by atoms with Gasteiger partial charge in [0.25, 0.3) is 5.91 Å². The van der Waals surface area contributed by atoms with Crippen LogP contribution in [-0.2, 0) is 20.9 Å². The maximum Gasteiger partial charge on any atom is 0.306 e. The molecule has 1 amide bonds. The van der Waals surface area contributed by atoms with Gasteiger partial charge in [-0.15, -0.1) is 11.3 Å². The van der Waals surface area contributed by atoms with Crippen LogP contribution in [0.3, 0.4) is 0 Å². The molecule has 7 nitrogen and oxygen atoms in total. The Balaban J connectivity index is 1.41. The smallest absolute Gasteiger partial charge is 0.306 e. The molecule has 0 radical (unpaired) electrons. The third kappa shape index (κ3) is 5.32. The summed E-state index contributed by atoms with van der Waals surface area (Å²) in [5.74, 6) is 0.356. The van der Waals surface area contributed by atoms with Crippen LogP contribution in [0, 0.1) is 0 Å². The Morgan fingerprint density at radius 1 is 1.11 bits per heavy atom. The molecule has 0 bridgehead atoms. The summed E-state index contributed by atoms with van der Waals surface area (Å²) in [6.07, 6.45) is 0.0243. The Kier molecular flexibility index (Phi) is 6.65. The average molecular weight is 403 g/mol. The number of carbonyl (C=O) groups excluding carboxylic acids is 3. The van der Waals surface area contributed by atoms with E-state index in [1.54, 1.807) is 19.2 Å². The fraction of sp³-hybridized carbons (Fsp3) is 0.350. The van der Waals surface area contributed by atoms with E-state index < -0.39 is 5.97 Å². The number of carbonyl (C=O) groups is 3. The van der Waals surface area contributed by atoms with E-state index in [2.05, 4.69) is 0 Å². The first-order chi connectivity index (χ1) is 13.5. The van der Waals surface area contributed by atoms with Crippen LogP contribution in [0.4, 0.5) is 0 Å². The largest absolute Gasteiger partial charge is 0.486 e. The minimum absolute atomic E-state index is 0.0457. The second kappa shape index (κ2) is 9.36. The molecule has 0 aliphatic carbocycles. The molecule has 0 N–H and O–H groups in total. The van der Waals surface area contributed by atoms with Gasteiger partial charge in [-0.2, -0.15) is 0 Å². The zero-order valence-electron chi connectivity index (χ0n) is 15.5. The van der Waals surface area contributed by atoms with Crippen molar-refractivity contribution in [1.29, 1.82) is 0 Å². The predicted octanol–water partition coefficient (Wildman–Crippen LogP) is 2.68. The van der Waals surface area contributed by atoms with Gasteiger partial charge in [0, 0.05) is 20.0 Å². The maximum absolute atomic E-state index is 12.2. The van der Waals surface area contributed by atoms with Crippen molar-refractivity contribution >= 4 is 29.0 Å². The second-order valence-electron chi connectivity index (χ2n) is 6.29. The molecule has 1 aromatic heterocycles. The number of hydrogen-bond acceptors (Lipinski definition) is 7. The molecule has 2 heterocycles. The summed E-state index contributed by atoms with van der Waals surface area (Å²) >= 11 is 1.34. The minimum Gasteiger partial charge on any atom is -0.486 e. The summed E-state index contributed by atoms with van der Waals surface area (Å²) in [5, 5.41) is 1.81. The number of nitrogens with zero attached hydrogens (tertiary/aromatic N) is 1. The molecule has 1 aliphatic rings. The van der Waals surface area contributed by atoms with Crippen LogP contribution >= 0.6 is 11.3 Å². The Morgan fingerprint density at radius 3 is 2.64 bits per heavy atom. The van der Waals surface area contributed by atoms with Crippen molar-refractivity contribution in [2.24, 2.45) is 0 Å². The Labute approximate surface area is 166 Å². The lowest BCUT2D eigenvalue weighted by Gasteiger charge is -2.21. The van der Waals surface area contributed by atoms with Crippen molar-refractivity contribution in [1.82, 2.24) is 4.90 Å². The molecule has 0 saturated carbocycles. The molecule has 3 rings (SSSR count). The number of ether oxygens (including phenoxy) is 3. The van der Waals surface area contributed by atoms with E-state index in [4.69, 9.17) is 14.2 Å². The summed E-state index contributed by atoms with van der Waals surface area (Å²) in [6, 6.07) is 9.01. The Bertz CT molecular complexity index is 848. The van der Waals surface area contributed by atoms with Crippen LogP contribution in [0.1, 0.15) is 28.1 Å². The lowest BCUT2D eigenvalue weighted by Crippen LogP contribution is -2.31. The highest BCUT2D eigenvalue weighted by Gasteiger charge is 2.16. The number of thiophene rings is 1. The Morgan fingerprint density at radius 2 is 1.89 bits per heavy atom. The molecule has 0 unspecified atom stereocenters. The normalized spacial score (nSPS) is 12.3. The number of benzene rings is 1. The molecular weight excluding hydrogens is 382 g/mol. The number of amides is 1. The van der Waals surface area contributed by atoms with E-state index in [9.17, 15) is 14.4 Å². The molecule has 0 spiro atoms. The minimum atomic E-state index is -0.564. The van der Waals surface area contributed by atoms with Crippen molar-refractivity contribution in [2.75, 3.05) is 26.9 Å². The van der Waals surface area contributed by atoms with Crippen LogP contribution in [0.15, 0.2) is 35.7 Å². The van der Waals surface area contributed by atoms with E-state index >= 15 is 0 Å². The molecule has 8 heteroatoms. The predicted molar refractivity (Wildman–Crippen MR) is 103 cm³/mol. The van der Waals surface area contributed by atoms with Crippen molar-refractivity contribution in [3.8, 4) is 11.5 Å². The molecule has 28 heavy (non-hydrogen) atoms. The summed E-state index contributed by atoms with van der Waals surface area (Å²) < 4.78 is 16.0. The third-order valence-electron chi connectivity index (χ3n) is 4.16. The summed E-state index contributed by atoms with van der Waals surface area (Å²) in [6.45, 7) is 1.02. The van der Waals surface area contributed by atoms with Gasteiger partial charge in [0.2, 0.25) is 0 Å². The second-order valence-corrected chi connectivity index (χ2v) is 7.24. The highest BCUT2D eigenvalue weighted by atomic mass is 32.1. The number of esters is 1. The van der Waals surface area contributed by atoms with Gasteiger partial charge in [-0.05, 0) is 29.1 Å². The number of rotatable bonds is 8. The molecular formula is C20H21NO6S. The topological polar surface area (TPSA) is 82.1 Å². The average Bonchev–Trinajstić information content (AvgIpc) is 3.25. The fourth-order valence-corrected chi connectivity index (χ4v) is 3.34. The van der Waals surface area contributed by atoms with Crippen molar-refractivity contribution in [3.05, 3.63) is 46.2 Å². The van der Waals surface area contributed by atoms with E-state index in [1.165, 1.54) is 16.2 Å². The highest BCUT2D eigenvalue weighted by Crippen LogP contribution is 2.31. The number of Topliss-reactive ketones (excluding diaryl/α,β-unsaturated/α-hetero) is 1. The summed E-state index contributed by atoms with van der Waals surface area (Å²) in [5.41, 5.74) is 0.882. The van der Waals surface area contributed by atoms with Gasteiger partial charge in [0.15, 0.2) is 23.9 Å². The molecule has 0 fully saturated rings. The molecule has 2 aromatic rings. The van der Waals surface area contributed by atoms with Crippen LogP contribution in [0.25, 0.3) is 0 Å². The molecule has 0 saturated heterocycles. The first kappa shape index (κ1) is 19.9. The van der Waals surface area contributed by atoms with Crippen LogP contribution in [0.2, 0.25) is 0 Å². The van der Waals surface area contributed by atoms with Crippen LogP contribution in [0.5, 0.6) is 11.5 Å². The van der Waals surface area contributed by atoms with Crippen LogP contribution < -0.4 is 9.47 Å². The number of hydrogen-bond donors (Lipinski definition) is 0. The van der Waals surface area contributed by atoms with Crippen molar-refractivity contribution in [2.45, 2.75) is 19.4 Å². The third-order valence-corrected chi connectivity index (χ3v) is 5.07. The highest BCUT2D eigenvalue weighted by molar-refractivity contribution is 7.12. The lowest BCUT2D eigenvalue weighted by molar-refractivity contribution is -0.151. The SMILES string of the molecule is CN(Cc1ccc2c(c1)OCCO2)C(=O)COC(=O)CCC(=O)c1cccs1. The first-order valence-electron chi connectivity index (χ1n) is 8.88. The molecule has 1 aliphatic heterocycles. The monoisotopic (exact) mass is 403 g/mol. The quantitative estimate of drug-likeness (QED) is 0.498. The van der Waals surface area contributed by atoms with Gasteiger partial charge in [0.1, 0.15) is 13.2 Å². The van der Waals surface area contributed by atoms with E-state index in [0.29, 0.717) is 36.1 Å². The maximum atomic E-state index is 12.2. The molecule has 1 aromatic carbocycles. The van der Waals surface area contributed by atoms with E-state index in [0.717, 1.165) is 5.56 Å². The van der Waals surface area contributed by atoms with Gasteiger partial charge in [-0.25, -0.2) is 0 Å². The Hall–Kier alpha value is -2.87. The first-order valence-corrected chi connectivity index (χ1v) is 9.75. The lowest BCUT2D eigenvalue weighted by atomic mass is 10.2. The number of likely N-dealkylation sites (N-methyl/N-ethyl adjacent to an activating group) is 1. The fourth-order valence-electron chi connectivity index (χ4n) is 2.65. The summed E-state index contributed by atoms with van der Waals surface area (Å²) in [4.78, 5) is 37.9. The zero-order chi connectivity index (χ0) is 19.9. The van der Waals surface area contributed by atoms with Gasteiger partial charge in [0.05, 0.1) is 11.3 Å². The van der Waals surface area contributed by atoms with Crippen molar-refractivity contribution < 1.29 is 28.6 Å². The zero-order valence-corrected chi connectivity index (χ0v) is 16.3. The van der Waals surface area contributed by atoms with Crippen LogP contribution in [-0.4, -0.2) is 49.4 Å².